The van der Waals surface area contributed by atoms with Crippen molar-refractivity contribution in [3.05, 3.63) is 39.8 Å². The van der Waals surface area contributed by atoms with Crippen molar-refractivity contribution in [2.45, 2.75) is 26.2 Å². The van der Waals surface area contributed by atoms with Crippen molar-refractivity contribution in [3.8, 4) is 5.75 Å². The number of ether oxygens (including phenoxy) is 1. The molecule has 1 saturated heterocycles. The number of hydrogen-bond acceptors (Lipinski definition) is 7. The summed E-state index contributed by atoms with van der Waals surface area (Å²) >= 11 is 6.43. The van der Waals surface area contributed by atoms with Crippen LogP contribution in [0.5, 0.6) is 5.75 Å². The standard InChI is InChI=1S/C23H27ClN6O2/c1-14-5-3-9-30(13-14)23-26-12-17(24)21(28-23)27-15-6-7-18-16(11-15)19-20(22(31)29(18)2)32-10-4-8-25-19/h6-7,11-12,14,25H,3-5,8-10,13H2,1-2H3,(H,26,27,28). The Kier molecular flexibility index (Phi) is 5.55. The van der Waals surface area contributed by atoms with Crippen molar-refractivity contribution in [2.24, 2.45) is 13.0 Å². The minimum absolute atomic E-state index is 0.137. The van der Waals surface area contributed by atoms with E-state index in [1.165, 1.54) is 6.42 Å². The van der Waals surface area contributed by atoms with Crippen LogP contribution in [0.15, 0.2) is 29.2 Å². The molecule has 5 rings (SSSR count). The predicted molar refractivity (Wildman–Crippen MR) is 129 cm³/mol. The highest BCUT2D eigenvalue weighted by atomic mass is 35.5. The van der Waals surface area contributed by atoms with Crippen LogP contribution in [0, 0.1) is 5.92 Å². The summed E-state index contributed by atoms with van der Waals surface area (Å²) in [4.78, 5) is 24.1. The third-order valence-electron chi connectivity index (χ3n) is 6.16. The van der Waals surface area contributed by atoms with E-state index in [4.69, 9.17) is 21.3 Å². The van der Waals surface area contributed by atoms with Gasteiger partial charge in [-0.05, 0) is 43.4 Å². The molecule has 9 heteroatoms. The number of pyridine rings is 1. The number of hydrogen-bond donors (Lipinski definition) is 2. The smallest absolute Gasteiger partial charge is 0.295 e. The fourth-order valence-corrected chi connectivity index (χ4v) is 4.61. The first-order valence-electron chi connectivity index (χ1n) is 11.1. The number of aromatic nitrogens is 3. The van der Waals surface area contributed by atoms with Crippen LogP contribution in [0.3, 0.4) is 0 Å². The van der Waals surface area contributed by atoms with Crippen LogP contribution in [-0.2, 0) is 7.05 Å². The number of benzene rings is 1. The molecule has 0 bridgehead atoms. The van der Waals surface area contributed by atoms with E-state index in [1.807, 2.05) is 18.2 Å². The SMILES string of the molecule is CC1CCCN(c2ncc(Cl)c(Nc3ccc4c(c3)c3c(c(=O)n4C)OCCCN3)n2)C1. The molecular formula is C23H27ClN6O2. The van der Waals surface area contributed by atoms with Crippen LogP contribution < -0.4 is 25.8 Å². The fourth-order valence-electron chi connectivity index (χ4n) is 4.47. The molecule has 8 nitrogen and oxygen atoms in total. The third-order valence-corrected chi connectivity index (χ3v) is 6.43. The summed E-state index contributed by atoms with van der Waals surface area (Å²) in [6.45, 7) is 5.43. The molecule has 2 N–H and O–H groups in total. The van der Waals surface area contributed by atoms with Gasteiger partial charge >= 0.3 is 0 Å². The molecule has 1 unspecified atom stereocenters. The first kappa shape index (κ1) is 20.9. The van der Waals surface area contributed by atoms with Gasteiger partial charge in [0.15, 0.2) is 5.82 Å². The summed E-state index contributed by atoms with van der Waals surface area (Å²) in [6.07, 6.45) is 4.86. The fraction of sp³-hybridized carbons (Fsp3) is 0.435. The molecule has 0 amide bonds. The van der Waals surface area contributed by atoms with Crippen molar-refractivity contribution in [1.82, 2.24) is 14.5 Å². The second-order valence-electron chi connectivity index (χ2n) is 8.61. The number of aryl methyl sites for hydroxylation is 1. The Morgan fingerprint density at radius 1 is 1.31 bits per heavy atom. The maximum absolute atomic E-state index is 12.8. The van der Waals surface area contributed by atoms with Gasteiger partial charge in [0.1, 0.15) is 5.02 Å². The number of nitrogens with one attached hydrogen (secondary N) is 2. The Bertz CT molecular complexity index is 1230. The average Bonchev–Trinajstić information content (AvgIpc) is 3.05. The van der Waals surface area contributed by atoms with Gasteiger partial charge in [-0.25, -0.2) is 4.98 Å². The maximum Gasteiger partial charge on any atom is 0.295 e. The summed E-state index contributed by atoms with van der Waals surface area (Å²) in [5.74, 6) is 2.25. The number of halogens is 1. The lowest BCUT2D eigenvalue weighted by atomic mass is 10.0. The van der Waals surface area contributed by atoms with Gasteiger partial charge in [0.25, 0.3) is 5.56 Å². The molecule has 2 aromatic heterocycles. The molecule has 0 radical (unpaired) electrons. The minimum Gasteiger partial charge on any atom is -0.486 e. The summed E-state index contributed by atoms with van der Waals surface area (Å²) in [5, 5.41) is 8.08. The lowest BCUT2D eigenvalue weighted by Crippen LogP contribution is -2.35. The van der Waals surface area contributed by atoms with Gasteiger partial charge in [0.2, 0.25) is 11.7 Å². The maximum atomic E-state index is 12.8. The zero-order valence-electron chi connectivity index (χ0n) is 18.3. The van der Waals surface area contributed by atoms with Crippen LogP contribution >= 0.6 is 11.6 Å². The van der Waals surface area contributed by atoms with E-state index in [0.717, 1.165) is 54.8 Å². The Morgan fingerprint density at radius 3 is 3.03 bits per heavy atom. The van der Waals surface area contributed by atoms with Gasteiger partial charge in [-0.1, -0.05) is 18.5 Å². The van der Waals surface area contributed by atoms with E-state index in [9.17, 15) is 4.79 Å². The second-order valence-corrected chi connectivity index (χ2v) is 9.02. The monoisotopic (exact) mass is 454 g/mol. The first-order chi connectivity index (χ1) is 15.5. The molecule has 3 aromatic rings. The highest BCUT2D eigenvalue weighted by Gasteiger charge is 2.21. The van der Waals surface area contributed by atoms with Crippen molar-refractivity contribution >= 4 is 45.6 Å². The average molecular weight is 455 g/mol. The van der Waals surface area contributed by atoms with Crippen molar-refractivity contribution in [3.63, 3.8) is 0 Å². The van der Waals surface area contributed by atoms with Crippen LogP contribution in [0.4, 0.5) is 23.1 Å². The Balaban J connectivity index is 1.52. The van der Waals surface area contributed by atoms with Crippen LogP contribution in [0.1, 0.15) is 26.2 Å². The largest absolute Gasteiger partial charge is 0.486 e. The Hall–Kier alpha value is -3.00. The Morgan fingerprint density at radius 2 is 2.19 bits per heavy atom. The molecule has 0 saturated carbocycles. The minimum atomic E-state index is -0.137. The number of piperidine rings is 1. The van der Waals surface area contributed by atoms with Crippen LogP contribution in [0.2, 0.25) is 5.02 Å². The van der Waals surface area contributed by atoms with Gasteiger partial charge < -0.3 is 24.8 Å². The first-order valence-corrected chi connectivity index (χ1v) is 11.5. The van der Waals surface area contributed by atoms with E-state index in [2.05, 4.69) is 27.4 Å². The highest BCUT2D eigenvalue weighted by Crippen LogP contribution is 2.34. The van der Waals surface area contributed by atoms with Crippen molar-refractivity contribution in [1.29, 1.82) is 0 Å². The molecule has 2 aliphatic rings. The second kappa shape index (κ2) is 8.50. The molecule has 0 spiro atoms. The third kappa shape index (κ3) is 3.83. The quantitative estimate of drug-likeness (QED) is 0.614. The molecular weight excluding hydrogens is 428 g/mol. The number of anilines is 4. The Labute approximate surface area is 191 Å². The lowest BCUT2D eigenvalue weighted by molar-refractivity contribution is 0.317. The summed E-state index contributed by atoms with van der Waals surface area (Å²) < 4.78 is 7.40. The van der Waals surface area contributed by atoms with Crippen LogP contribution in [0.25, 0.3) is 10.9 Å². The van der Waals surface area contributed by atoms with E-state index < -0.39 is 0 Å². The summed E-state index contributed by atoms with van der Waals surface area (Å²) in [6, 6.07) is 5.84. The van der Waals surface area contributed by atoms with Gasteiger partial charge in [-0.2, -0.15) is 4.98 Å². The van der Waals surface area contributed by atoms with E-state index >= 15 is 0 Å². The van der Waals surface area contributed by atoms with Gasteiger partial charge in [0, 0.05) is 37.8 Å². The van der Waals surface area contributed by atoms with E-state index in [0.29, 0.717) is 35.1 Å². The zero-order chi connectivity index (χ0) is 22.2. The van der Waals surface area contributed by atoms with Crippen molar-refractivity contribution in [2.75, 3.05) is 41.8 Å². The van der Waals surface area contributed by atoms with Gasteiger partial charge in [0.05, 0.1) is 24.0 Å². The molecule has 1 atom stereocenters. The molecule has 2 aliphatic heterocycles. The number of fused-ring (bicyclic) bond motifs is 3. The molecule has 1 aromatic carbocycles. The highest BCUT2D eigenvalue weighted by molar-refractivity contribution is 6.32. The molecule has 4 heterocycles. The molecule has 1 fully saturated rings. The van der Waals surface area contributed by atoms with E-state index in [1.54, 1.807) is 17.8 Å². The molecule has 32 heavy (non-hydrogen) atoms. The van der Waals surface area contributed by atoms with Crippen LogP contribution in [-0.4, -0.2) is 40.8 Å². The lowest BCUT2D eigenvalue weighted by Gasteiger charge is -2.31. The predicted octanol–water partition coefficient (Wildman–Crippen LogP) is 4.16. The number of rotatable bonds is 3. The normalized spacial score (nSPS) is 18.5. The molecule has 0 aliphatic carbocycles. The van der Waals surface area contributed by atoms with E-state index in [-0.39, 0.29) is 5.56 Å². The zero-order valence-corrected chi connectivity index (χ0v) is 19.1. The number of nitrogens with zero attached hydrogens (tertiary/aromatic N) is 4. The van der Waals surface area contributed by atoms with Gasteiger partial charge in [-0.15, -0.1) is 0 Å². The van der Waals surface area contributed by atoms with Crippen molar-refractivity contribution < 1.29 is 4.74 Å². The summed E-state index contributed by atoms with van der Waals surface area (Å²) in [7, 11) is 1.76. The topological polar surface area (TPSA) is 84.3 Å². The summed E-state index contributed by atoms with van der Waals surface area (Å²) in [5.41, 5.74) is 2.25. The molecule has 168 valence electrons. The van der Waals surface area contributed by atoms with Gasteiger partial charge in [-0.3, -0.25) is 4.79 Å².